The van der Waals surface area contributed by atoms with Gasteiger partial charge in [-0.05, 0) is 24.3 Å². The van der Waals surface area contributed by atoms with Crippen molar-refractivity contribution in [2.75, 3.05) is 0 Å². The molecule has 1 fully saturated rings. The second-order valence-electron chi connectivity index (χ2n) is 3.79. The van der Waals surface area contributed by atoms with Crippen molar-refractivity contribution in [1.29, 1.82) is 0 Å². The molecular formula is C11H13F2N. The van der Waals surface area contributed by atoms with Crippen molar-refractivity contribution in [3.63, 3.8) is 0 Å². The first-order valence-electron chi connectivity index (χ1n) is 4.82. The summed E-state index contributed by atoms with van der Waals surface area (Å²) in [5, 5.41) is 0. The average molecular weight is 197 g/mol. The molecule has 0 heterocycles. The molecule has 1 atom stereocenters. The molecule has 2 N–H and O–H groups in total. The zero-order chi connectivity index (χ0) is 10.1. The number of nitrogens with two attached hydrogens (primary N) is 1. The number of benzene rings is 1. The van der Waals surface area contributed by atoms with Crippen molar-refractivity contribution in [2.24, 2.45) is 11.7 Å². The van der Waals surface area contributed by atoms with E-state index in [9.17, 15) is 8.78 Å². The Balaban J connectivity index is 2.30. The van der Waals surface area contributed by atoms with E-state index < -0.39 is 6.43 Å². The van der Waals surface area contributed by atoms with Crippen LogP contribution in [-0.4, -0.2) is 0 Å². The fourth-order valence-corrected chi connectivity index (χ4v) is 1.72. The first-order valence-corrected chi connectivity index (χ1v) is 4.82. The monoisotopic (exact) mass is 197 g/mol. The molecule has 2 rings (SSSR count). The van der Waals surface area contributed by atoms with E-state index in [1.165, 1.54) is 6.07 Å². The molecule has 0 bridgehead atoms. The standard InChI is InChI=1S/C11H13F2N/c12-11(13)9-4-2-1-3-8(9)10(14)7-5-6-7/h1-4,7,10-11H,5-6,14H2. The lowest BCUT2D eigenvalue weighted by molar-refractivity contribution is 0.149. The van der Waals surface area contributed by atoms with Gasteiger partial charge in [-0.2, -0.15) is 0 Å². The number of hydrogen-bond acceptors (Lipinski definition) is 1. The minimum atomic E-state index is -2.42. The molecule has 0 aromatic heterocycles. The zero-order valence-corrected chi connectivity index (χ0v) is 7.79. The molecule has 0 radical (unpaired) electrons. The van der Waals surface area contributed by atoms with Gasteiger partial charge in [0.05, 0.1) is 0 Å². The molecule has 3 heteroatoms. The summed E-state index contributed by atoms with van der Waals surface area (Å²) in [7, 11) is 0. The molecule has 14 heavy (non-hydrogen) atoms. The van der Waals surface area contributed by atoms with Crippen LogP contribution in [0.3, 0.4) is 0 Å². The first kappa shape index (κ1) is 9.59. The van der Waals surface area contributed by atoms with Crippen LogP contribution in [-0.2, 0) is 0 Å². The molecule has 0 saturated heterocycles. The highest BCUT2D eigenvalue weighted by Crippen LogP contribution is 2.41. The van der Waals surface area contributed by atoms with E-state index in [-0.39, 0.29) is 11.6 Å². The largest absolute Gasteiger partial charge is 0.324 e. The Morgan fingerprint density at radius 3 is 2.21 bits per heavy atom. The van der Waals surface area contributed by atoms with Gasteiger partial charge in [-0.1, -0.05) is 24.3 Å². The predicted octanol–water partition coefficient (Wildman–Crippen LogP) is 3.03. The predicted molar refractivity (Wildman–Crippen MR) is 51.1 cm³/mol. The topological polar surface area (TPSA) is 26.0 Å². The van der Waals surface area contributed by atoms with Gasteiger partial charge >= 0.3 is 0 Å². The van der Waals surface area contributed by atoms with Gasteiger partial charge in [0.15, 0.2) is 0 Å². The van der Waals surface area contributed by atoms with Gasteiger partial charge in [-0.3, -0.25) is 0 Å². The summed E-state index contributed by atoms with van der Waals surface area (Å²) in [5.41, 5.74) is 6.61. The van der Waals surface area contributed by atoms with E-state index >= 15 is 0 Å². The van der Waals surface area contributed by atoms with Gasteiger partial charge in [0.2, 0.25) is 0 Å². The molecule has 1 aliphatic carbocycles. The van der Waals surface area contributed by atoms with Crippen LogP contribution < -0.4 is 5.73 Å². The number of rotatable bonds is 3. The van der Waals surface area contributed by atoms with Crippen molar-refractivity contribution >= 4 is 0 Å². The highest BCUT2D eigenvalue weighted by Gasteiger charge is 2.31. The summed E-state index contributed by atoms with van der Waals surface area (Å²) < 4.78 is 25.2. The van der Waals surface area contributed by atoms with Gasteiger partial charge < -0.3 is 5.73 Å². The Kier molecular flexibility index (Phi) is 2.50. The van der Waals surface area contributed by atoms with Gasteiger partial charge in [-0.15, -0.1) is 0 Å². The molecule has 76 valence electrons. The molecule has 1 saturated carbocycles. The highest BCUT2D eigenvalue weighted by molar-refractivity contribution is 5.31. The Labute approximate surface area is 81.9 Å². The molecule has 1 nitrogen and oxygen atoms in total. The van der Waals surface area contributed by atoms with Crippen LogP contribution >= 0.6 is 0 Å². The molecule has 1 aromatic carbocycles. The van der Waals surface area contributed by atoms with Crippen molar-refractivity contribution < 1.29 is 8.78 Å². The molecule has 1 aliphatic rings. The Morgan fingerprint density at radius 2 is 1.71 bits per heavy atom. The maximum absolute atomic E-state index is 12.6. The lowest BCUT2D eigenvalue weighted by Gasteiger charge is -2.15. The van der Waals surface area contributed by atoms with Crippen molar-refractivity contribution in [3.8, 4) is 0 Å². The maximum Gasteiger partial charge on any atom is 0.264 e. The highest BCUT2D eigenvalue weighted by atomic mass is 19.3. The van der Waals surface area contributed by atoms with Crippen LogP contribution in [0.1, 0.15) is 36.4 Å². The van der Waals surface area contributed by atoms with E-state index in [2.05, 4.69) is 0 Å². The zero-order valence-electron chi connectivity index (χ0n) is 7.79. The molecule has 0 spiro atoms. The van der Waals surface area contributed by atoms with Gasteiger partial charge in [0.1, 0.15) is 0 Å². The van der Waals surface area contributed by atoms with E-state index in [0.717, 1.165) is 12.8 Å². The third-order valence-electron chi connectivity index (χ3n) is 2.72. The third-order valence-corrected chi connectivity index (χ3v) is 2.72. The second-order valence-corrected chi connectivity index (χ2v) is 3.79. The summed E-state index contributed by atoms with van der Waals surface area (Å²) in [4.78, 5) is 0. The summed E-state index contributed by atoms with van der Waals surface area (Å²) >= 11 is 0. The van der Waals surface area contributed by atoms with Crippen LogP contribution in [0.15, 0.2) is 24.3 Å². The number of hydrogen-bond donors (Lipinski definition) is 1. The van der Waals surface area contributed by atoms with Crippen LogP contribution in [0.5, 0.6) is 0 Å². The Bertz CT molecular complexity index is 321. The Hall–Kier alpha value is -0.960. The average Bonchev–Trinajstić information content (AvgIpc) is 3.00. The quantitative estimate of drug-likeness (QED) is 0.791. The van der Waals surface area contributed by atoms with Gasteiger partial charge in [0, 0.05) is 11.6 Å². The second kappa shape index (κ2) is 3.65. The number of halogens is 2. The van der Waals surface area contributed by atoms with E-state index in [1.54, 1.807) is 18.2 Å². The molecule has 0 amide bonds. The van der Waals surface area contributed by atoms with E-state index in [0.29, 0.717) is 11.5 Å². The third kappa shape index (κ3) is 1.77. The van der Waals surface area contributed by atoms with E-state index in [1.807, 2.05) is 0 Å². The minimum Gasteiger partial charge on any atom is -0.324 e. The van der Waals surface area contributed by atoms with Crippen LogP contribution in [0, 0.1) is 5.92 Å². The van der Waals surface area contributed by atoms with Crippen molar-refractivity contribution in [2.45, 2.75) is 25.3 Å². The smallest absolute Gasteiger partial charge is 0.264 e. The maximum atomic E-state index is 12.6. The minimum absolute atomic E-state index is 0.0897. The summed E-state index contributed by atoms with van der Waals surface area (Å²) in [6, 6.07) is 6.36. The van der Waals surface area contributed by atoms with Gasteiger partial charge in [-0.25, -0.2) is 8.78 Å². The fourth-order valence-electron chi connectivity index (χ4n) is 1.72. The van der Waals surface area contributed by atoms with Crippen molar-refractivity contribution in [1.82, 2.24) is 0 Å². The molecule has 1 aromatic rings. The summed E-state index contributed by atoms with van der Waals surface area (Å²) in [6.45, 7) is 0. The van der Waals surface area contributed by atoms with Crippen molar-refractivity contribution in [3.05, 3.63) is 35.4 Å². The lowest BCUT2D eigenvalue weighted by Crippen LogP contribution is -2.14. The molecular weight excluding hydrogens is 184 g/mol. The summed E-state index contributed by atoms with van der Waals surface area (Å²) in [5.74, 6) is 0.412. The fraction of sp³-hybridized carbons (Fsp3) is 0.455. The van der Waals surface area contributed by atoms with Gasteiger partial charge in [0.25, 0.3) is 6.43 Å². The SMILES string of the molecule is NC(c1ccccc1C(F)F)C1CC1. The molecule has 0 aliphatic heterocycles. The van der Waals surface area contributed by atoms with Crippen LogP contribution in [0.4, 0.5) is 8.78 Å². The first-order chi connectivity index (χ1) is 6.70. The van der Waals surface area contributed by atoms with Crippen LogP contribution in [0.2, 0.25) is 0 Å². The Morgan fingerprint density at radius 1 is 1.14 bits per heavy atom. The van der Waals surface area contributed by atoms with Crippen LogP contribution in [0.25, 0.3) is 0 Å². The lowest BCUT2D eigenvalue weighted by atomic mass is 9.98. The number of alkyl halides is 2. The van der Waals surface area contributed by atoms with E-state index in [4.69, 9.17) is 5.73 Å². The normalized spacial score (nSPS) is 18.6. The molecule has 1 unspecified atom stereocenters. The summed E-state index contributed by atoms with van der Waals surface area (Å²) in [6.07, 6.45) is -0.284.